The fraction of sp³-hybridized carbons (Fsp3) is 0.662. The average Bonchev–Trinajstić information content (AvgIpc) is 3.40. The molecule has 0 radical (unpaired) electrons. The molecular weight excluding hydrogens is 913 g/mol. The van der Waals surface area contributed by atoms with Crippen LogP contribution >= 0.6 is 0 Å². The third kappa shape index (κ3) is 58.7. The van der Waals surface area contributed by atoms with E-state index in [9.17, 15) is 14.4 Å². The fourth-order valence-electron chi connectivity index (χ4n) is 8.09. The summed E-state index contributed by atoms with van der Waals surface area (Å²) in [6.45, 7) is 6.45. The maximum absolute atomic E-state index is 12.9. The van der Waals surface area contributed by atoms with Crippen LogP contribution < -0.4 is 0 Å². The minimum Gasteiger partial charge on any atom is -0.462 e. The fourth-order valence-corrected chi connectivity index (χ4v) is 8.09. The van der Waals surface area contributed by atoms with Gasteiger partial charge < -0.3 is 14.2 Å². The van der Waals surface area contributed by atoms with Crippen molar-refractivity contribution >= 4 is 17.9 Å². The monoisotopic (exact) mass is 1020 g/mol. The Morgan fingerprint density at radius 3 is 0.892 bits per heavy atom. The number of carbonyl (C=O) groups is 3. The topological polar surface area (TPSA) is 78.9 Å². The highest BCUT2D eigenvalue weighted by atomic mass is 16.6. The van der Waals surface area contributed by atoms with Gasteiger partial charge in [0.2, 0.25) is 0 Å². The molecule has 0 heterocycles. The van der Waals surface area contributed by atoms with Crippen LogP contribution in [0.25, 0.3) is 0 Å². The van der Waals surface area contributed by atoms with Gasteiger partial charge in [-0.2, -0.15) is 0 Å². The zero-order chi connectivity index (χ0) is 53.6. The van der Waals surface area contributed by atoms with Gasteiger partial charge in [0.15, 0.2) is 6.10 Å². The Bertz CT molecular complexity index is 1550. The highest BCUT2D eigenvalue weighted by Crippen LogP contribution is 2.14. The first-order valence-corrected chi connectivity index (χ1v) is 30.5. The second-order valence-corrected chi connectivity index (χ2v) is 19.9. The standard InChI is InChI=1S/C68H112O6/c1-4-7-10-13-16-19-22-25-28-31-33-34-36-37-40-43-46-49-52-55-58-61-67(70)73-64-65(63-72-66(69)60-57-54-51-48-45-42-39-30-27-24-21-18-15-12-9-6-3)74-68(71)62-59-56-53-50-47-44-41-38-35-32-29-26-23-20-17-14-11-8-5-2/h7,10,16-17,19-20,25-26,28-30,33-35,37-40,46,49,65H,4-6,8-9,11-15,18,21-24,27,31-32,36,41-45,47-48,50-64H2,1-3H3/b10-7-,19-16-,20-17-,28-25-,29-26-,34-33-,38-35-,39-30-,40-37-,49-46-. The molecule has 1 atom stereocenters. The summed E-state index contributed by atoms with van der Waals surface area (Å²) in [7, 11) is 0. The normalized spacial score (nSPS) is 13.0. The van der Waals surface area contributed by atoms with Crippen molar-refractivity contribution < 1.29 is 28.6 Å². The average molecular weight is 1030 g/mol. The van der Waals surface area contributed by atoms with E-state index in [2.05, 4.69) is 142 Å². The summed E-state index contributed by atoms with van der Waals surface area (Å²) in [4.78, 5) is 38.3. The predicted molar refractivity (Wildman–Crippen MR) is 320 cm³/mol. The van der Waals surface area contributed by atoms with Crippen LogP contribution in [0.5, 0.6) is 0 Å². The van der Waals surface area contributed by atoms with Crippen molar-refractivity contribution in [2.75, 3.05) is 13.2 Å². The number of hydrogen-bond acceptors (Lipinski definition) is 6. The zero-order valence-electron chi connectivity index (χ0n) is 48.1. The minimum absolute atomic E-state index is 0.104. The van der Waals surface area contributed by atoms with Crippen LogP contribution in [0.1, 0.15) is 271 Å². The molecule has 1 unspecified atom stereocenters. The summed E-state index contributed by atoms with van der Waals surface area (Å²) >= 11 is 0. The summed E-state index contributed by atoms with van der Waals surface area (Å²) < 4.78 is 16.9. The molecule has 74 heavy (non-hydrogen) atoms. The van der Waals surface area contributed by atoms with Crippen molar-refractivity contribution in [3.05, 3.63) is 122 Å². The lowest BCUT2D eigenvalue weighted by Gasteiger charge is -2.18. The molecule has 0 aromatic heterocycles. The van der Waals surface area contributed by atoms with Gasteiger partial charge in [-0.05, 0) is 135 Å². The summed E-state index contributed by atoms with van der Waals surface area (Å²) in [6, 6.07) is 0. The molecule has 0 fully saturated rings. The number of carbonyl (C=O) groups excluding carboxylic acids is 3. The van der Waals surface area contributed by atoms with E-state index in [-0.39, 0.29) is 31.1 Å². The molecule has 0 spiro atoms. The molecule has 0 saturated heterocycles. The van der Waals surface area contributed by atoms with Crippen LogP contribution in [-0.4, -0.2) is 37.2 Å². The van der Waals surface area contributed by atoms with Crippen molar-refractivity contribution in [1.82, 2.24) is 0 Å². The molecule has 0 aliphatic heterocycles. The quantitative estimate of drug-likeness (QED) is 0.0261. The summed E-state index contributed by atoms with van der Waals surface area (Å²) in [6.07, 6.45) is 84.7. The molecule has 0 aliphatic carbocycles. The molecule has 420 valence electrons. The van der Waals surface area contributed by atoms with Crippen LogP contribution in [0.15, 0.2) is 122 Å². The minimum atomic E-state index is -0.811. The number of allylic oxidation sites excluding steroid dienone is 20. The molecule has 6 heteroatoms. The molecule has 0 aromatic rings. The maximum atomic E-state index is 12.9. The first kappa shape index (κ1) is 69.8. The smallest absolute Gasteiger partial charge is 0.306 e. The molecule has 0 aromatic carbocycles. The lowest BCUT2D eigenvalue weighted by Crippen LogP contribution is -2.30. The summed E-state index contributed by atoms with van der Waals surface area (Å²) in [5, 5.41) is 0. The number of esters is 3. The Hall–Kier alpha value is -4.19. The van der Waals surface area contributed by atoms with Crippen molar-refractivity contribution in [3.63, 3.8) is 0 Å². The first-order valence-electron chi connectivity index (χ1n) is 30.5. The largest absolute Gasteiger partial charge is 0.462 e. The van der Waals surface area contributed by atoms with Gasteiger partial charge in [0.25, 0.3) is 0 Å². The van der Waals surface area contributed by atoms with Crippen molar-refractivity contribution in [1.29, 1.82) is 0 Å². The molecule has 0 saturated carbocycles. The van der Waals surface area contributed by atoms with Gasteiger partial charge in [-0.15, -0.1) is 0 Å². The maximum Gasteiger partial charge on any atom is 0.306 e. The molecule has 6 nitrogen and oxygen atoms in total. The van der Waals surface area contributed by atoms with Gasteiger partial charge in [0.05, 0.1) is 0 Å². The van der Waals surface area contributed by atoms with E-state index in [1.165, 1.54) is 96.3 Å². The van der Waals surface area contributed by atoms with E-state index in [1.54, 1.807) is 0 Å². The highest BCUT2D eigenvalue weighted by Gasteiger charge is 2.19. The Morgan fingerprint density at radius 1 is 0.284 bits per heavy atom. The first-order chi connectivity index (χ1) is 36.5. The Labute approximate surface area is 456 Å². The van der Waals surface area contributed by atoms with E-state index in [0.29, 0.717) is 25.7 Å². The lowest BCUT2D eigenvalue weighted by molar-refractivity contribution is -0.167. The number of ether oxygens (including phenoxy) is 3. The van der Waals surface area contributed by atoms with Gasteiger partial charge in [0.1, 0.15) is 13.2 Å². The highest BCUT2D eigenvalue weighted by molar-refractivity contribution is 5.71. The van der Waals surface area contributed by atoms with E-state index in [0.717, 1.165) is 128 Å². The molecule has 0 amide bonds. The van der Waals surface area contributed by atoms with Gasteiger partial charge in [-0.25, -0.2) is 0 Å². The number of hydrogen-bond donors (Lipinski definition) is 0. The van der Waals surface area contributed by atoms with Crippen LogP contribution in [0.4, 0.5) is 0 Å². The van der Waals surface area contributed by atoms with Crippen molar-refractivity contribution in [3.8, 4) is 0 Å². The second-order valence-electron chi connectivity index (χ2n) is 19.9. The van der Waals surface area contributed by atoms with Crippen LogP contribution in [0, 0.1) is 0 Å². The molecule has 0 aliphatic rings. The zero-order valence-corrected chi connectivity index (χ0v) is 48.1. The second kappa shape index (κ2) is 61.4. The van der Waals surface area contributed by atoms with E-state index < -0.39 is 6.10 Å². The Kier molecular flexibility index (Phi) is 57.9. The summed E-state index contributed by atoms with van der Waals surface area (Å²) in [5.74, 6) is -0.968. The van der Waals surface area contributed by atoms with Crippen LogP contribution in [0.3, 0.4) is 0 Å². The number of rotatable bonds is 54. The van der Waals surface area contributed by atoms with Crippen LogP contribution in [-0.2, 0) is 28.6 Å². The lowest BCUT2D eigenvalue weighted by atomic mass is 10.1. The molecule has 0 N–H and O–H groups in total. The SMILES string of the molecule is CC/C=C\C/C=C\C/C=C\C/C=C\C/C=C\C/C=C\CCCCC(=O)OCC(COC(=O)CCCCCCC/C=C\CCCCCCCCC)OC(=O)CCCCCCCC/C=C\C/C=C\C/C=C\CCCCC. The van der Waals surface area contributed by atoms with Gasteiger partial charge in [-0.3, -0.25) is 14.4 Å². The van der Waals surface area contributed by atoms with Gasteiger partial charge in [0, 0.05) is 19.3 Å². The third-order valence-corrected chi connectivity index (χ3v) is 12.7. The van der Waals surface area contributed by atoms with E-state index in [1.807, 2.05) is 0 Å². The third-order valence-electron chi connectivity index (χ3n) is 12.7. The molecule has 0 rings (SSSR count). The van der Waals surface area contributed by atoms with Crippen LogP contribution in [0.2, 0.25) is 0 Å². The van der Waals surface area contributed by atoms with Crippen molar-refractivity contribution in [2.24, 2.45) is 0 Å². The van der Waals surface area contributed by atoms with E-state index >= 15 is 0 Å². The van der Waals surface area contributed by atoms with Gasteiger partial charge >= 0.3 is 17.9 Å². The number of unbranched alkanes of at least 4 members (excludes halogenated alkanes) is 23. The summed E-state index contributed by atoms with van der Waals surface area (Å²) in [5.41, 5.74) is 0. The molecule has 0 bridgehead atoms. The predicted octanol–water partition coefficient (Wildman–Crippen LogP) is 20.8. The van der Waals surface area contributed by atoms with E-state index in [4.69, 9.17) is 14.2 Å². The Balaban J connectivity index is 4.52. The van der Waals surface area contributed by atoms with Crippen molar-refractivity contribution in [2.45, 2.75) is 277 Å². The van der Waals surface area contributed by atoms with Gasteiger partial charge in [-0.1, -0.05) is 239 Å². The molecular formula is C68H112O6. The Morgan fingerprint density at radius 2 is 0.527 bits per heavy atom.